The molecule has 0 atom stereocenters. The summed E-state index contributed by atoms with van der Waals surface area (Å²) in [6.07, 6.45) is 0. The van der Waals surface area contributed by atoms with Gasteiger partial charge in [-0.2, -0.15) is 0 Å². The van der Waals surface area contributed by atoms with E-state index in [1.165, 1.54) is 15.4 Å². The van der Waals surface area contributed by atoms with Gasteiger partial charge in [0.05, 0.1) is 4.58 Å². The summed E-state index contributed by atoms with van der Waals surface area (Å²) in [5, 5.41) is 0. The van der Waals surface area contributed by atoms with E-state index in [9.17, 15) is 0 Å². The van der Waals surface area contributed by atoms with Gasteiger partial charge in [0.1, 0.15) is 0 Å². The number of hydrogen-bond acceptors (Lipinski definition) is 2. The third-order valence-corrected chi connectivity index (χ3v) is 6.28. The molecule has 0 amide bonds. The fourth-order valence-corrected chi connectivity index (χ4v) is 4.86. The zero-order valence-corrected chi connectivity index (χ0v) is 15.1. The smallest absolute Gasteiger partial charge is 0.0845 e. The zero-order chi connectivity index (χ0) is 15.2. The van der Waals surface area contributed by atoms with Gasteiger partial charge in [-0.3, -0.25) is 0 Å². The van der Waals surface area contributed by atoms with Crippen molar-refractivity contribution in [2.45, 2.75) is 14.4 Å². The third kappa shape index (κ3) is 4.42. The molecule has 0 nitrogen and oxygen atoms in total. The molecule has 3 aromatic carbocycles. The van der Waals surface area contributed by atoms with Crippen LogP contribution < -0.4 is 0 Å². The van der Waals surface area contributed by atoms with Crippen molar-refractivity contribution in [1.82, 2.24) is 0 Å². The van der Waals surface area contributed by atoms with Crippen LogP contribution in [0.2, 0.25) is 0 Å². The van der Waals surface area contributed by atoms with Crippen LogP contribution in [0.4, 0.5) is 0 Å². The summed E-state index contributed by atoms with van der Waals surface area (Å²) in [5.41, 5.74) is 1.32. The topological polar surface area (TPSA) is 0 Å². The SMILES string of the molecule is Brc1ccc(C(Sc2ccccc2)Sc2ccccc2)cc1. The monoisotopic (exact) mass is 386 g/mol. The van der Waals surface area contributed by atoms with Gasteiger partial charge < -0.3 is 0 Å². The lowest BCUT2D eigenvalue weighted by molar-refractivity contribution is 1.33. The highest BCUT2D eigenvalue weighted by Crippen LogP contribution is 2.46. The van der Waals surface area contributed by atoms with Gasteiger partial charge in [-0.1, -0.05) is 64.5 Å². The van der Waals surface area contributed by atoms with Gasteiger partial charge in [-0.25, -0.2) is 0 Å². The highest BCUT2D eigenvalue weighted by atomic mass is 79.9. The van der Waals surface area contributed by atoms with Crippen LogP contribution in [0.25, 0.3) is 0 Å². The molecule has 0 aliphatic carbocycles. The first-order chi connectivity index (χ1) is 10.8. The molecule has 3 aromatic rings. The second-order valence-electron chi connectivity index (χ2n) is 4.75. The highest BCUT2D eigenvalue weighted by molar-refractivity contribution is 9.10. The van der Waals surface area contributed by atoms with Gasteiger partial charge in [-0.15, -0.1) is 23.5 Å². The maximum atomic E-state index is 3.51. The van der Waals surface area contributed by atoms with E-state index >= 15 is 0 Å². The summed E-state index contributed by atoms with van der Waals surface area (Å²) < 4.78 is 1.45. The predicted octanol–water partition coefficient (Wildman–Crippen LogP) is 7.03. The van der Waals surface area contributed by atoms with Crippen LogP contribution in [0, 0.1) is 0 Å². The van der Waals surface area contributed by atoms with Crippen LogP contribution >= 0.6 is 39.5 Å². The quantitative estimate of drug-likeness (QED) is 0.340. The van der Waals surface area contributed by atoms with Crippen LogP contribution in [0.3, 0.4) is 0 Å². The van der Waals surface area contributed by atoms with Crippen molar-refractivity contribution < 1.29 is 0 Å². The van der Waals surface area contributed by atoms with E-state index < -0.39 is 0 Å². The van der Waals surface area contributed by atoms with E-state index in [0.717, 1.165) is 4.47 Å². The molecule has 0 N–H and O–H groups in total. The van der Waals surface area contributed by atoms with Crippen LogP contribution in [-0.2, 0) is 0 Å². The zero-order valence-electron chi connectivity index (χ0n) is 11.9. The molecule has 110 valence electrons. The molecule has 3 rings (SSSR count). The molecule has 0 saturated heterocycles. The molecule has 0 heterocycles. The van der Waals surface area contributed by atoms with Gasteiger partial charge in [0.25, 0.3) is 0 Å². The van der Waals surface area contributed by atoms with Crippen molar-refractivity contribution in [3.8, 4) is 0 Å². The van der Waals surface area contributed by atoms with E-state index in [4.69, 9.17) is 0 Å². The fraction of sp³-hybridized carbons (Fsp3) is 0.0526. The maximum Gasteiger partial charge on any atom is 0.0845 e. The summed E-state index contributed by atoms with van der Waals surface area (Å²) in [6.45, 7) is 0. The Hall–Kier alpha value is -1.16. The maximum absolute atomic E-state index is 3.51. The molecular weight excluding hydrogens is 372 g/mol. The number of rotatable bonds is 5. The number of halogens is 1. The summed E-state index contributed by atoms with van der Waals surface area (Å²) in [6, 6.07) is 29.8. The first kappa shape index (κ1) is 15.7. The Balaban J connectivity index is 1.86. The van der Waals surface area contributed by atoms with E-state index in [-0.39, 0.29) is 0 Å². The largest absolute Gasteiger partial charge is 0.107 e. The second kappa shape index (κ2) is 7.91. The number of hydrogen-bond donors (Lipinski definition) is 0. The van der Waals surface area contributed by atoms with Gasteiger partial charge in [0.2, 0.25) is 0 Å². The van der Waals surface area contributed by atoms with Gasteiger partial charge in [0, 0.05) is 14.3 Å². The number of benzene rings is 3. The first-order valence-corrected chi connectivity index (χ1v) is 9.55. The lowest BCUT2D eigenvalue weighted by Gasteiger charge is -2.17. The highest BCUT2D eigenvalue weighted by Gasteiger charge is 2.14. The Bertz CT molecular complexity index is 655. The molecule has 0 aliphatic heterocycles. The average molecular weight is 387 g/mol. The van der Waals surface area contributed by atoms with Crippen LogP contribution in [-0.4, -0.2) is 0 Å². The minimum atomic E-state index is 0.331. The summed E-state index contributed by atoms with van der Waals surface area (Å²) in [4.78, 5) is 2.58. The Kier molecular flexibility index (Phi) is 5.65. The Morgan fingerprint density at radius 1 is 0.591 bits per heavy atom. The van der Waals surface area contributed by atoms with Crippen molar-refractivity contribution in [2.24, 2.45) is 0 Å². The normalized spacial score (nSPS) is 10.8. The van der Waals surface area contributed by atoms with Crippen molar-refractivity contribution >= 4 is 39.5 Å². The second-order valence-corrected chi connectivity index (χ2v) is 8.32. The molecule has 3 heteroatoms. The van der Waals surface area contributed by atoms with Gasteiger partial charge in [-0.05, 0) is 42.0 Å². The Labute approximate surface area is 148 Å². The number of thioether (sulfide) groups is 2. The molecule has 0 aliphatic rings. The minimum Gasteiger partial charge on any atom is -0.107 e. The van der Waals surface area contributed by atoms with Gasteiger partial charge >= 0.3 is 0 Å². The van der Waals surface area contributed by atoms with E-state index in [0.29, 0.717) is 4.58 Å². The Morgan fingerprint density at radius 2 is 1.05 bits per heavy atom. The van der Waals surface area contributed by atoms with Crippen LogP contribution in [0.5, 0.6) is 0 Å². The molecule has 0 saturated carbocycles. The van der Waals surface area contributed by atoms with Crippen molar-refractivity contribution in [1.29, 1.82) is 0 Å². The fourth-order valence-electron chi connectivity index (χ4n) is 2.03. The first-order valence-electron chi connectivity index (χ1n) is 7.00. The lowest BCUT2D eigenvalue weighted by Crippen LogP contribution is -1.89. The Morgan fingerprint density at radius 3 is 1.50 bits per heavy atom. The molecule has 22 heavy (non-hydrogen) atoms. The third-order valence-electron chi connectivity index (χ3n) is 3.11. The minimum absolute atomic E-state index is 0.331. The van der Waals surface area contributed by atoms with Crippen LogP contribution in [0.1, 0.15) is 10.1 Å². The summed E-state index contributed by atoms with van der Waals surface area (Å²) in [5.74, 6) is 0. The van der Waals surface area contributed by atoms with E-state index in [1.807, 2.05) is 23.5 Å². The average Bonchev–Trinajstić information content (AvgIpc) is 2.57. The molecule has 0 spiro atoms. The van der Waals surface area contributed by atoms with Gasteiger partial charge in [0.15, 0.2) is 0 Å². The summed E-state index contributed by atoms with van der Waals surface area (Å²) in [7, 11) is 0. The standard InChI is InChI=1S/C19H15BrS2/c20-16-13-11-15(12-14-16)19(21-17-7-3-1-4-8-17)22-18-9-5-2-6-10-18/h1-14,19H. The van der Waals surface area contributed by atoms with Crippen molar-refractivity contribution in [2.75, 3.05) is 0 Å². The van der Waals surface area contributed by atoms with Crippen molar-refractivity contribution in [3.63, 3.8) is 0 Å². The lowest BCUT2D eigenvalue weighted by atomic mass is 10.2. The molecule has 0 radical (unpaired) electrons. The van der Waals surface area contributed by atoms with Crippen LogP contribution in [0.15, 0.2) is 99.2 Å². The molecule has 0 fully saturated rings. The molecule has 0 unspecified atom stereocenters. The molecular formula is C19H15BrS2. The summed E-state index contributed by atoms with van der Waals surface area (Å²) >= 11 is 7.29. The van der Waals surface area contributed by atoms with E-state index in [1.54, 1.807) is 0 Å². The molecule has 0 bridgehead atoms. The van der Waals surface area contributed by atoms with E-state index in [2.05, 4.69) is 101 Å². The van der Waals surface area contributed by atoms with Crippen molar-refractivity contribution in [3.05, 3.63) is 95.0 Å². The predicted molar refractivity (Wildman–Crippen MR) is 101 cm³/mol. The molecule has 0 aromatic heterocycles.